The number of para-hydroxylation sites is 1. The standard InChI is InChI=1S/C17H19N3O3S/c1-12-17(24(22,23)13-6-3-2-4-7-13)14-8-5-9-15(16(14)19-12)20(21)11-10-18/h2-9,19,21H,10-11,18H2,1H3. The van der Waals surface area contributed by atoms with Crippen LogP contribution >= 0.6 is 0 Å². The van der Waals surface area contributed by atoms with E-state index in [9.17, 15) is 13.6 Å². The number of aromatic amines is 1. The Morgan fingerprint density at radius 3 is 2.50 bits per heavy atom. The molecule has 0 aliphatic rings. The minimum atomic E-state index is -3.66. The molecule has 7 heteroatoms. The molecule has 0 saturated heterocycles. The lowest BCUT2D eigenvalue weighted by Crippen LogP contribution is -2.25. The van der Waals surface area contributed by atoms with Gasteiger partial charge in [-0.1, -0.05) is 30.3 Å². The Morgan fingerprint density at radius 2 is 1.83 bits per heavy atom. The first-order valence-electron chi connectivity index (χ1n) is 7.54. The molecule has 4 N–H and O–H groups in total. The number of fused-ring (bicyclic) bond motifs is 1. The molecule has 0 aliphatic carbocycles. The number of nitrogens with one attached hydrogen (secondary N) is 1. The molecule has 24 heavy (non-hydrogen) atoms. The van der Waals surface area contributed by atoms with Crippen molar-refractivity contribution >= 4 is 26.4 Å². The lowest BCUT2D eigenvalue weighted by atomic mass is 10.2. The van der Waals surface area contributed by atoms with E-state index in [4.69, 9.17) is 5.73 Å². The van der Waals surface area contributed by atoms with E-state index in [2.05, 4.69) is 4.98 Å². The van der Waals surface area contributed by atoms with Gasteiger partial charge in [-0.3, -0.25) is 10.3 Å². The van der Waals surface area contributed by atoms with Gasteiger partial charge in [0.05, 0.1) is 27.5 Å². The van der Waals surface area contributed by atoms with Gasteiger partial charge in [0.1, 0.15) is 0 Å². The van der Waals surface area contributed by atoms with Crippen LogP contribution in [0.5, 0.6) is 0 Å². The number of aromatic nitrogens is 1. The highest BCUT2D eigenvalue weighted by Crippen LogP contribution is 2.35. The number of sulfone groups is 1. The van der Waals surface area contributed by atoms with Crippen LogP contribution in [0.3, 0.4) is 0 Å². The predicted molar refractivity (Wildman–Crippen MR) is 93.1 cm³/mol. The van der Waals surface area contributed by atoms with E-state index in [0.717, 1.165) is 5.06 Å². The number of anilines is 1. The van der Waals surface area contributed by atoms with Crippen LogP contribution in [-0.2, 0) is 9.84 Å². The number of H-pyrrole nitrogens is 1. The van der Waals surface area contributed by atoms with Gasteiger partial charge in [-0.25, -0.2) is 8.42 Å². The van der Waals surface area contributed by atoms with Crippen molar-refractivity contribution in [2.45, 2.75) is 16.7 Å². The van der Waals surface area contributed by atoms with Gasteiger partial charge in [0.2, 0.25) is 9.84 Å². The third kappa shape index (κ3) is 2.66. The Hall–Kier alpha value is -2.35. The summed E-state index contributed by atoms with van der Waals surface area (Å²) in [4.78, 5) is 3.56. The summed E-state index contributed by atoms with van der Waals surface area (Å²) >= 11 is 0. The fraction of sp³-hybridized carbons (Fsp3) is 0.176. The molecule has 126 valence electrons. The molecule has 0 saturated carbocycles. The second-order valence-electron chi connectivity index (χ2n) is 5.51. The Kier molecular flexibility index (Phi) is 4.31. The van der Waals surface area contributed by atoms with Crippen LogP contribution in [0.2, 0.25) is 0 Å². The average Bonchev–Trinajstić information content (AvgIpc) is 2.92. The van der Waals surface area contributed by atoms with Crippen molar-refractivity contribution in [2.24, 2.45) is 5.73 Å². The Morgan fingerprint density at radius 1 is 1.12 bits per heavy atom. The maximum Gasteiger partial charge on any atom is 0.208 e. The van der Waals surface area contributed by atoms with Gasteiger partial charge >= 0.3 is 0 Å². The van der Waals surface area contributed by atoms with Gasteiger partial charge < -0.3 is 10.7 Å². The van der Waals surface area contributed by atoms with Crippen molar-refractivity contribution in [3.63, 3.8) is 0 Å². The monoisotopic (exact) mass is 345 g/mol. The highest BCUT2D eigenvalue weighted by atomic mass is 32.2. The van der Waals surface area contributed by atoms with Crippen LogP contribution in [-0.4, -0.2) is 31.7 Å². The number of aryl methyl sites for hydroxylation is 1. The molecule has 3 aromatic rings. The molecule has 0 fully saturated rings. The lowest BCUT2D eigenvalue weighted by Gasteiger charge is -2.16. The maximum absolute atomic E-state index is 13.0. The normalized spacial score (nSPS) is 11.8. The zero-order valence-electron chi connectivity index (χ0n) is 13.2. The van der Waals surface area contributed by atoms with Gasteiger partial charge in [-0.15, -0.1) is 0 Å². The topological polar surface area (TPSA) is 99.4 Å². The van der Waals surface area contributed by atoms with Gasteiger partial charge in [-0.2, -0.15) is 0 Å². The SMILES string of the molecule is Cc1[nH]c2c(N(O)CCN)cccc2c1S(=O)(=O)c1ccccc1. The number of rotatable bonds is 5. The number of nitrogens with two attached hydrogens (primary N) is 1. The molecular formula is C17H19N3O3S. The molecule has 3 rings (SSSR count). The van der Waals surface area contributed by atoms with E-state index in [1.165, 1.54) is 0 Å². The number of benzene rings is 2. The zero-order valence-corrected chi connectivity index (χ0v) is 14.0. The summed E-state index contributed by atoms with van der Waals surface area (Å²) < 4.78 is 26.0. The van der Waals surface area contributed by atoms with Crippen molar-refractivity contribution in [3.8, 4) is 0 Å². The van der Waals surface area contributed by atoms with Crippen LogP contribution in [0.15, 0.2) is 58.3 Å². The number of nitrogens with zero attached hydrogens (tertiary/aromatic N) is 1. The first-order valence-corrected chi connectivity index (χ1v) is 9.03. The van der Waals surface area contributed by atoms with E-state index in [-0.39, 0.29) is 22.9 Å². The molecule has 6 nitrogen and oxygen atoms in total. The molecule has 0 unspecified atom stereocenters. The van der Waals surface area contributed by atoms with Gasteiger partial charge in [-0.05, 0) is 25.1 Å². The summed E-state index contributed by atoms with van der Waals surface area (Å²) in [5.41, 5.74) is 7.08. The summed E-state index contributed by atoms with van der Waals surface area (Å²) in [5.74, 6) is 0. The maximum atomic E-state index is 13.0. The van der Waals surface area contributed by atoms with E-state index in [1.807, 2.05) is 0 Å². The Bertz CT molecular complexity index is 965. The summed E-state index contributed by atoms with van der Waals surface area (Å²) in [6.07, 6.45) is 0. The van der Waals surface area contributed by atoms with Gasteiger partial charge in [0, 0.05) is 17.6 Å². The Labute approximate surface area is 140 Å². The lowest BCUT2D eigenvalue weighted by molar-refractivity contribution is 0.258. The number of hydrogen-bond acceptors (Lipinski definition) is 5. The fourth-order valence-corrected chi connectivity index (χ4v) is 4.49. The van der Waals surface area contributed by atoms with Crippen LogP contribution in [0.1, 0.15) is 5.69 Å². The summed E-state index contributed by atoms with van der Waals surface area (Å²) in [6.45, 7) is 2.24. The highest BCUT2D eigenvalue weighted by Gasteiger charge is 2.25. The minimum absolute atomic E-state index is 0.228. The third-order valence-corrected chi connectivity index (χ3v) is 5.84. The van der Waals surface area contributed by atoms with Gasteiger partial charge in [0.15, 0.2) is 0 Å². The molecule has 1 heterocycles. The summed E-state index contributed by atoms with van der Waals surface area (Å²) in [6, 6.07) is 13.5. The predicted octanol–water partition coefficient (Wildman–Crippen LogP) is 2.46. The minimum Gasteiger partial charge on any atom is -0.356 e. The van der Waals surface area contributed by atoms with E-state index in [1.54, 1.807) is 55.5 Å². The van der Waals surface area contributed by atoms with Crippen molar-refractivity contribution in [1.82, 2.24) is 4.98 Å². The van der Waals surface area contributed by atoms with Gasteiger partial charge in [0.25, 0.3) is 0 Å². The van der Waals surface area contributed by atoms with Crippen LogP contribution < -0.4 is 10.8 Å². The number of hydroxylamine groups is 1. The average molecular weight is 345 g/mol. The largest absolute Gasteiger partial charge is 0.356 e. The fourth-order valence-electron chi connectivity index (χ4n) is 2.83. The van der Waals surface area contributed by atoms with E-state index < -0.39 is 9.84 Å². The second-order valence-corrected chi connectivity index (χ2v) is 7.39. The first kappa shape index (κ1) is 16.5. The van der Waals surface area contributed by atoms with Crippen molar-refractivity contribution in [3.05, 3.63) is 54.2 Å². The zero-order chi connectivity index (χ0) is 17.3. The Balaban J connectivity index is 2.24. The van der Waals surface area contributed by atoms with Crippen molar-refractivity contribution in [2.75, 3.05) is 18.2 Å². The van der Waals surface area contributed by atoms with Crippen LogP contribution in [0, 0.1) is 6.92 Å². The highest BCUT2D eigenvalue weighted by molar-refractivity contribution is 7.91. The summed E-state index contributed by atoms with van der Waals surface area (Å²) in [5, 5.41) is 11.7. The quantitative estimate of drug-likeness (QED) is 0.617. The van der Waals surface area contributed by atoms with E-state index in [0.29, 0.717) is 22.3 Å². The van der Waals surface area contributed by atoms with E-state index >= 15 is 0 Å². The molecule has 1 aromatic heterocycles. The first-order chi connectivity index (χ1) is 11.5. The number of hydrogen-bond donors (Lipinski definition) is 3. The molecule has 0 atom stereocenters. The molecule has 0 aliphatic heterocycles. The third-order valence-electron chi connectivity index (χ3n) is 3.88. The second kappa shape index (κ2) is 6.27. The molecular weight excluding hydrogens is 326 g/mol. The molecule has 0 amide bonds. The van der Waals surface area contributed by atoms with Crippen LogP contribution in [0.4, 0.5) is 5.69 Å². The van der Waals surface area contributed by atoms with Crippen molar-refractivity contribution in [1.29, 1.82) is 0 Å². The van der Waals surface area contributed by atoms with Crippen molar-refractivity contribution < 1.29 is 13.6 Å². The summed E-state index contributed by atoms with van der Waals surface area (Å²) in [7, 11) is -3.66. The molecule has 2 aromatic carbocycles. The smallest absolute Gasteiger partial charge is 0.208 e. The molecule has 0 bridgehead atoms. The molecule has 0 radical (unpaired) electrons. The van der Waals surface area contributed by atoms with Crippen LogP contribution in [0.25, 0.3) is 10.9 Å². The molecule has 0 spiro atoms.